The molecule has 1 atom stereocenters. The Kier molecular flexibility index (Phi) is 6.74. The highest BCUT2D eigenvalue weighted by Gasteiger charge is 2.25. The van der Waals surface area contributed by atoms with Gasteiger partial charge in [0, 0.05) is 5.69 Å². The molecule has 0 spiro atoms. The van der Waals surface area contributed by atoms with Crippen LogP contribution in [0.1, 0.15) is 48.5 Å². The number of nitrogens with one attached hydrogen (secondary N) is 1. The molecule has 0 fully saturated rings. The van der Waals surface area contributed by atoms with E-state index in [1.165, 1.54) is 23.0 Å². The van der Waals surface area contributed by atoms with Crippen molar-refractivity contribution in [1.29, 1.82) is 0 Å². The molecule has 0 saturated heterocycles. The number of amides is 1. The zero-order chi connectivity index (χ0) is 22.7. The van der Waals surface area contributed by atoms with Crippen LogP contribution in [0, 0.1) is 12.8 Å². The highest BCUT2D eigenvalue weighted by Crippen LogP contribution is 2.28. The third kappa shape index (κ3) is 4.77. The van der Waals surface area contributed by atoms with Crippen molar-refractivity contribution in [1.82, 2.24) is 9.55 Å². The highest BCUT2D eigenvalue weighted by atomic mass is 32.1. The van der Waals surface area contributed by atoms with Gasteiger partial charge in [-0.3, -0.25) is 14.2 Å². The monoisotopic (exact) mass is 443 g/mol. The maximum Gasteiger partial charge on any atom is 0.348 e. The molecule has 164 valence electrons. The van der Waals surface area contributed by atoms with Gasteiger partial charge >= 0.3 is 5.97 Å². The van der Waals surface area contributed by atoms with Crippen molar-refractivity contribution >= 4 is 39.1 Å². The summed E-state index contributed by atoms with van der Waals surface area (Å²) in [4.78, 5) is 43.6. The van der Waals surface area contributed by atoms with E-state index in [0.717, 1.165) is 11.3 Å². The molecule has 8 nitrogen and oxygen atoms in total. The van der Waals surface area contributed by atoms with E-state index in [1.54, 1.807) is 26.0 Å². The molecule has 0 aliphatic heterocycles. The summed E-state index contributed by atoms with van der Waals surface area (Å²) < 4.78 is 6.60. The number of phenolic OH excluding ortho intramolecular Hbond substituents is 1. The van der Waals surface area contributed by atoms with E-state index in [1.807, 2.05) is 13.8 Å². The molecule has 0 saturated carbocycles. The van der Waals surface area contributed by atoms with Gasteiger partial charge < -0.3 is 15.2 Å². The van der Waals surface area contributed by atoms with Gasteiger partial charge in [0.25, 0.3) is 5.56 Å². The van der Waals surface area contributed by atoms with Gasteiger partial charge in [0.05, 0.1) is 18.3 Å². The Morgan fingerprint density at radius 1 is 1.26 bits per heavy atom. The van der Waals surface area contributed by atoms with Crippen LogP contribution in [0.2, 0.25) is 0 Å². The number of nitrogens with zero attached hydrogens (tertiary/aromatic N) is 2. The van der Waals surface area contributed by atoms with Crippen LogP contribution in [-0.2, 0) is 9.53 Å². The zero-order valence-electron chi connectivity index (χ0n) is 17.8. The number of aromatic nitrogens is 2. The first kappa shape index (κ1) is 22.5. The summed E-state index contributed by atoms with van der Waals surface area (Å²) in [6, 6.07) is 5.29. The molecular formula is C22H25N3O5S. The Balaban J connectivity index is 1.94. The molecule has 3 rings (SSSR count). The number of benzene rings is 1. The smallest absolute Gasteiger partial charge is 0.348 e. The SMILES string of the molecule is CCC(C(=O)Nc1ccc(O)cc1)n1cnc2sc(C(=O)OCC(C)C)c(C)c2c1=O. The fourth-order valence-electron chi connectivity index (χ4n) is 3.14. The Hall–Kier alpha value is -3.20. The summed E-state index contributed by atoms with van der Waals surface area (Å²) >= 11 is 1.11. The predicted octanol–water partition coefficient (Wildman–Crippen LogP) is 3.87. The minimum absolute atomic E-state index is 0.0894. The van der Waals surface area contributed by atoms with Crippen LogP contribution in [0.15, 0.2) is 35.4 Å². The Morgan fingerprint density at radius 3 is 2.55 bits per heavy atom. The van der Waals surface area contributed by atoms with Gasteiger partial charge in [-0.1, -0.05) is 20.8 Å². The highest BCUT2D eigenvalue weighted by molar-refractivity contribution is 7.20. The quantitative estimate of drug-likeness (QED) is 0.424. The molecular weight excluding hydrogens is 418 g/mol. The van der Waals surface area contributed by atoms with Crippen LogP contribution in [0.25, 0.3) is 10.2 Å². The molecule has 9 heteroatoms. The maximum atomic E-state index is 13.2. The van der Waals surface area contributed by atoms with Crippen LogP contribution in [-0.4, -0.2) is 33.1 Å². The lowest BCUT2D eigenvalue weighted by atomic mass is 10.1. The van der Waals surface area contributed by atoms with Gasteiger partial charge in [0.2, 0.25) is 5.91 Å². The first-order valence-corrected chi connectivity index (χ1v) is 10.8. The number of aromatic hydroxyl groups is 1. The van der Waals surface area contributed by atoms with Gasteiger partial charge in [-0.15, -0.1) is 11.3 Å². The molecule has 2 N–H and O–H groups in total. The number of hydrogen-bond donors (Lipinski definition) is 2. The summed E-state index contributed by atoms with van der Waals surface area (Å²) in [5.74, 6) is -0.559. The second-order valence-corrected chi connectivity index (χ2v) is 8.64. The molecule has 0 aliphatic rings. The predicted molar refractivity (Wildman–Crippen MR) is 120 cm³/mol. The van der Waals surface area contributed by atoms with Crippen molar-refractivity contribution < 1.29 is 19.4 Å². The molecule has 31 heavy (non-hydrogen) atoms. The van der Waals surface area contributed by atoms with Gasteiger partial charge in [-0.05, 0) is 49.1 Å². The summed E-state index contributed by atoms with van der Waals surface area (Å²) in [5, 5.41) is 12.5. The number of anilines is 1. The van der Waals surface area contributed by atoms with Gasteiger partial charge in [-0.2, -0.15) is 0 Å². The van der Waals surface area contributed by atoms with E-state index < -0.39 is 12.0 Å². The standard InChI is InChI=1S/C22H25N3O5S/c1-5-16(19(27)24-14-6-8-15(26)9-7-14)25-11-23-20-17(21(25)28)13(4)18(31-20)22(29)30-10-12(2)3/h6-9,11-12,16,26H,5,10H2,1-4H3,(H,24,27). The fourth-order valence-corrected chi connectivity index (χ4v) is 4.17. The van der Waals surface area contributed by atoms with Crippen molar-refractivity contribution in [3.8, 4) is 5.75 Å². The molecule has 0 radical (unpaired) electrons. The zero-order valence-corrected chi connectivity index (χ0v) is 18.7. The second-order valence-electron chi connectivity index (χ2n) is 7.65. The summed E-state index contributed by atoms with van der Waals surface area (Å²) in [6.45, 7) is 7.67. The van der Waals surface area contributed by atoms with Gasteiger partial charge in [0.1, 0.15) is 21.5 Å². The molecule has 1 unspecified atom stereocenters. The Labute approximate surface area is 183 Å². The van der Waals surface area contributed by atoms with E-state index in [9.17, 15) is 19.5 Å². The topological polar surface area (TPSA) is 111 Å². The van der Waals surface area contributed by atoms with E-state index in [-0.39, 0.29) is 23.1 Å². The number of ether oxygens (including phenoxy) is 1. The lowest BCUT2D eigenvalue weighted by Crippen LogP contribution is -2.33. The Bertz CT molecular complexity index is 1160. The van der Waals surface area contributed by atoms with Crippen LogP contribution < -0.4 is 10.9 Å². The summed E-state index contributed by atoms with van der Waals surface area (Å²) in [6.07, 6.45) is 1.71. The van der Waals surface area contributed by atoms with Gasteiger partial charge in [0.15, 0.2) is 0 Å². The number of carbonyl (C=O) groups is 2. The van der Waals surface area contributed by atoms with Crippen molar-refractivity contribution in [2.45, 2.75) is 40.2 Å². The van der Waals surface area contributed by atoms with Crippen molar-refractivity contribution in [2.24, 2.45) is 5.92 Å². The molecule has 1 amide bonds. The first-order valence-electron chi connectivity index (χ1n) is 10.00. The number of carbonyl (C=O) groups excluding carboxylic acids is 2. The largest absolute Gasteiger partial charge is 0.508 e. The molecule has 0 aliphatic carbocycles. The fraction of sp³-hybridized carbons (Fsp3) is 0.364. The number of rotatable bonds is 7. The second kappa shape index (κ2) is 9.30. The van der Waals surface area contributed by atoms with Crippen LogP contribution in [0.4, 0.5) is 5.69 Å². The van der Waals surface area contributed by atoms with E-state index >= 15 is 0 Å². The van der Waals surface area contributed by atoms with E-state index in [0.29, 0.717) is 39.4 Å². The van der Waals surface area contributed by atoms with Crippen LogP contribution >= 0.6 is 11.3 Å². The number of thiophene rings is 1. The van der Waals surface area contributed by atoms with Crippen LogP contribution in [0.3, 0.4) is 0 Å². The lowest BCUT2D eigenvalue weighted by Gasteiger charge is -2.17. The average Bonchev–Trinajstić information content (AvgIpc) is 3.07. The molecule has 1 aromatic carbocycles. The third-order valence-corrected chi connectivity index (χ3v) is 5.95. The number of hydrogen-bond acceptors (Lipinski definition) is 7. The van der Waals surface area contributed by atoms with Crippen molar-refractivity contribution in [3.63, 3.8) is 0 Å². The number of aryl methyl sites for hydroxylation is 1. The van der Waals surface area contributed by atoms with Crippen LogP contribution in [0.5, 0.6) is 5.75 Å². The minimum Gasteiger partial charge on any atom is -0.508 e. The molecule has 2 aromatic heterocycles. The first-order chi connectivity index (χ1) is 14.7. The van der Waals surface area contributed by atoms with E-state index in [2.05, 4.69) is 10.3 Å². The molecule has 3 aromatic rings. The summed E-state index contributed by atoms with van der Waals surface area (Å²) in [5.41, 5.74) is 0.633. The summed E-state index contributed by atoms with van der Waals surface area (Å²) in [7, 11) is 0. The number of esters is 1. The number of fused-ring (bicyclic) bond motifs is 1. The molecule has 2 heterocycles. The minimum atomic E-state index is -0.783. The normalized spacial score (nSPS) is 12.2. The van der Waals surface area contributed by atoms with Crippen molar-refractivity contribution in [3.05, 3.63) is 51.4 Å². The van der Waals surface area contributed by atoms with Crippen molar-refractivity contribution in [2.75, 3.05) is 11.9 Å². The Morgan fingerprint density at radius 2 is 1.94 bits per heavy atom. The molecule has 0 bridgehead atoms. The van der Waals surface area contributed by atoms with Gasteiger partial charge in [-0.25, -0.2) is 9.78 Å². The third-order valence-electron chi connectivity index (χ3n) is 4.77. The maximum absolute atomic E-state index is 13.2. The van der Waals surface area contributed by atoms with E-state index in [4.69, 9.17) is 4.74 Å². The average molecular weight is 444 g/mol. The lowest BCUT2D eigenvalue weighted by molar-refractivity contribution is -0.119. The number of phenols is 1.